The van der Waals surface area contributed by atoms with Crippen LogP contribution in [0, 0.1) is 0 Å². The van der Waals surface area contributed by atoms with E-state index in [1.54, 1.807) is 6.07 Å². The van der Waals surface area contributed by atoms with Crippen LogP contribution in [-0.4, -0.2) is 42.5 Å². The Balaban J connectivity index is 2.08. The summed E-state index contributed by atoms with van der Waals surface area (Å²) in [6, 6.07) is 5.73. The summed E-state index contributed by atoms with van der Waals surface area (Å²) in [6.45, 7) is 2.68. The van der Waals surface area contributed by atoms with E-state index in [1.165, 1.54) is 11.3 Å². The van der Waals surface area contributed by atoms with Crippen LogP contribution in [0.3, 0.4) is 0 Å². The molecule has 0 fully saturated rings. The molecule has 2 rings (SSSR count). The zero-order valence-corrected chi connectivity index (χ0v) is 12.1. The highest BCUT2D eigenvalue weighted by atomic mass is 32.1. The maximum Gasteiger partial charge on any atom is 0.251 e. The van der Waals surface area contributed by atoms with Crippen molar-refractivity contribution in [3.8, 4) is 0 Å². The molecule has 0 aliphatic heterocycles. The van der Waals surface area contributed by atoms with Gasteiger partial charge in [-0.3, -0.25) is 4.79 Å². The molecule has 0 bridgehead atoms. The summed E-state index contributed by atoms with van der Waals surface area (Å²) in [7, 11) is 3.98. The highest BCUT2D eigenvalue weighted by Crippen LogP contribution is 2.24. The molecule has 1 heterocycles. The third-order valence-electron chi connectivity index (χ3n) is 3.11. The molecule has 1 aromatic heterocycles. The molecule has 0 spiro atoms. The number of aromatic nitrogens is 1. The SMILES string of the molecule is CC(CNC(=O)c1ccc2nc(N)sc2c1)N(C)C. The van der Waals surface area contributed by atoms with Gasteiger partial charge in [-0.15, -0.1) is 0 Å². The van der Waals surface area contributed by atoms with Crippen LogP contribution in [0.4, 0.5) is 5.13 Å². The Labute approximate surface area is 116 Å². The molecule has 3 N–H and O–H groups in total. The Kier molecular flexibility index (Phi) is 4.01. The van der Waals surface area contributed by atoms with Crippen molar-refractivity contribution in [1.29, 1.82) is 0 Å². The van der Waals surface area contributed by atoms with E-state index in [0.717, 1.165) is 10.2 Å². The molecule has 102 valence electrons. The minimum absolute atomic E-state index is 0.0671. The summed E-state index contributed by atoms with van der Waals surface area (Å²) >= 11 is 1.39. The topological polar surface area (TPSA) is 71.2 Å². The molecule has 0 radical (unpaired) electrons. The maximum atomic E-state index is 12.0. The third-order valence-corrected chi connectivity index (χ3v) is 3.95. The van der Waals surface area contributed by atoms with Gasteiger partial charge in [-0.05, 0) is 39.2 Å². The molecule has 0 aliphatic rings. The molecule has 1 unspecified atom stereocenters. The summed E-state index contributed by atoms with van der Waals surface area (Å²) in [5, 5.41) is 3.45. The van der Waals surface area contributed by atoms with Crippen LogP contribution in [0.5, 0.6) is 0 Å². The lowest BCUT2D eigenvalue weighted by Gasteiger charge is -2.19. The number of nitrogens with one attached hydrogen (secondary N) is 1. The number of carbonyl (C=O) groups excluding carboxylic acids is 1. The smallest absolute Gasteiger partial charge is 0.251 e. The van der Waals surface area contributed by atoms with Crippen molar-refractivity contribution in [3.63, 3.8) is 0 Å². The van der Waals surface area contributed by atoms with Gasteiger partial charge in [-0.2, -0.15) is 0 Å². The van der Waals surface area contributed by atoms with Crippen molar-refractivity contribution in [1.82, 2.24) is 15.2 Å². The zero-order chi connectivity index (χ0) is 14.0. The van der Waals surface area contributed by atoms with Crippen LogP contribution in [0.2, 0.25) is 0 Å². The lowest BCUT2D eigenvalue weighted by Crippen LogP contribution is -2.38. The number of nitrogen functional groups attached to an aromatic ring is 1. The molecule has 6 heteroatoms. The highest BCUT2D eigenvalue weighted by Gasteiger charge is 2.10. The monoisotopic (exact) mass is 278 g/mol. The summed E-state index contributed by atoms with van der Waals surface area (Å²) in [6.07, 6.45) is 0. The van der Waals surface area contributed by atoms with E-state index < -0.39 is 0 Å². The van der Waals surface area contributed by atoms with Crippen LogP contribution in [0.1, 0.15) is 17.3 Å². The first-order chi connectivity index (χ1) is 8.97. The van der Waals surface area contributed by atoms with Gasteiger partial charge in [0.2, 0.25) is 0 Å². The third kappa shape index (κ3) is 3.21. The van der Waals surface area contributed by atoms with Crippen LogP contribution in [0.15, 0.2) is 18.2 Å². The van der Waals surface area contributed by atoms with E-state index in [4.69, 9.17) is 5.73 Å². The Bertz CT molecular complexity index is 593. The number of anilines is 1. The quantitative estimate of drug-likeness (QED) is 0.890. The fraction of sp³-hybridized carbons (Fsp3) is 0.385. The lowest BCUT2D eigenvalue weighted by molar-refractivity contribution is 0.0944. The van der Waals surface area contributed by atoms with E-state index in [1.807, 2.05) is 26.2 Å². The largest absolute Gasteiger partial charge is 0.375 e. The first kappa shape index (κ1) is 13.8. The van der Waals surface area contributed by atoms with Crippen LogP contribution >= 0.6 is 11.3 Å². The van der Waals surface area contributed by atoms with Gasteiger partial charge in [0, 0.05) is 18.2 Å². The van der Waals surface area contributed by atoms with Crippen LogP contribution in [-0.2, 0) is 0 Å². The van der Waals surface area contributed by atoms with Crippen molar-refractivity contribution >= 4 is 32.6 Å². The molecular formula is C13H18N4OS. The Morgan fingerprint density at radius 2 is 2.26 bits per heavy atom. The highest BCUT2D eigenvalue weighted by molar-refractivity contribution is 7.22. The summed E-state index contributed by atoms with van der Waals surface area (Å²) in [5.74, 6) is -0.0671. The Hall–Kier alpha value is -1.66. The van der Waals surface area contributed by atoms with Gasteiger partial charge in [-0.25, -0.2) is 4.98 Å². The van der Waals surface area contributed by atoms with E-state index in [2.05, 4.69) is 22.1 Å². The number of fused-ring (bicyclic) bond motifs is 1. The second-order valence-corrected chi connectivity index (χ2v) is 5.82. The predicted octanol–water partition coefficient (Wildman–Crippen LogP) is 1.56. The Morgan fingerprint density at radius 3 is 2.95 bits per heavy atom. The number of nitrogens with zero attached hydrogens (tertiary/aromatic N) is 2. The van der Waals surface area contributed by atoms with Gasteiger partial charge in [0.05, 0.1) is 10.2 Å². The standard InChI is InChI=1S/C13H18N4OS/c1-8(17(2)3)7-15-12(18)9-4-5-10-11(6-9)19-13(14)16-10/h4-6,8H,7H2,1-3H3,(H2,14,16)(H,15,18). The van der Waals surface area contributed by atoms with Gasteiger partial charge in [0.25, 0.3) is 5.91 Å². The summed E-state index contributed by atoms with van der Waals surface area (Å²) in [5.41, 5.74) is 7.12. The Morgan fingerprint density at radius 1 is 1.53 bits per heavy atom. The van der Waals surface area contributed by atoms with Gasteiger partial charge in [0.15, 0.2) is 5.13 Å². The van der Waals surface area contributed by atoms with Crippen LogP contribution in [0.25, 0.3) is 10.2 Å². The first-order valence-corrected chi connectivity index (χ1v) is 6.89. The maximum absolute atomic E-state index is 12.0. The molecule has 0 saturated carbocycles. The van der Waals surface area contributed by atoms with Crippen molar-refractivity contribution in [2.45, 2.75) is 13.0 Å². The average molecular weight is 278 g/mol. The van der Waals surface area contributed by atoms with E-state index >= 15 is 0 Å². The number of hydrogen-bond acceptors (Lipinski definition) is 5. The van der Waals surface area contributed by atoms with E-state index in [-0.39, 0.29) is 5.91 Å². The number of benzene rings is 1. The molecule has 1 amide bonds. The van der Waals surface area contributed by atoms with Crippen molar-refractivity contribution in [3.05, 3.63) is 23.8 Å². The first-order valence-electron chi connectivity index (χ1n) is 6.08. The number of carbonyl (C=O) groups is 1. The van der Waals surface area contributed by atoms with E-state index in [9.17, 15) is 4.79 Å². The molecule has 19 heavy (non-hydrogen) atoms. The minimum Gasteiger partial charge on any atom is -0.375 e. The second-order valence-electron chi connectivity index (χ2n) is 4.76. The molecule has 5 nitrogen and oxygen atoms in total. The molecule has 2 aromatic rings. The fourth-order valence-corrected chi connectivity index (χ4v) is 2.38. The predicted molar refractivity (Wildman–Crippen MR) is 79.5 cm³/mol. The number of amides is 1. The number of likely N-dealkylation sites (N-methyl/N-ethyl adjacent to an activating group) is 1. The van der Waals surface area contributed by atoms with Gasteiger partial charge < -0.3 is 16.0 Å². The van der Waals surface area contributed by atoms with Crippen molar-refractivity contribution in [2.24, 2.45) is 0 Å². The summed E-state index contributed by atoms with van der Waals surface area (Å²) < 4.78 is 0.936. The zero-order valence-electron chi connectivity index (χ0n) is 11.3. The normalized spacial score (nSPS) is 12.8. The number of thiazole rings is 1. The van der Waals surface area contributed by atoms with E-state index in [0.29, 0.717) is 23.3 Å². The van der Waals surface area contributed by atoms with Crippen LogP contribution < -0.4 is 11.1 Å². The lowest BCUT2D eigenvalue weighted by atomic mass is 10.2. The number of nitrogens with two attached hydrogens (primary N) is 1. The fourth-order valence-electron chi connectivity index (χ4n) is 1.61. The molecule has 0 saturated heterocycles. The molecule has 1 atom stereocenters. The summed E-state index contributed by atoms with van der Waals surface area (Å²) in [4.78, 5) is 18.3. The number of hydrogen-bond donors (Lipinski definition) is 2. The van der Waals surface area contributed by atoms with Gasteiger partial charge >= 0.3 is 0 Å². The number of rotatable bonds is 4. The molecule has 1 aromatic carbocycles. The average Bonchev–Trinajstić information content (AvgIpc) is 2.74. The molecule has 0 aliphatic carbocycles. The van der Waals surface area contributed by atoms with Gasteiger partial charge in [-0.1, -0.05) is 11.3 Å². The molecular weight excluding hydrogens is 260 g/mol. The minimum atomic E-state index is -0.0671. The van der Waals surface area contributed by atoms with Gasteiger partial charge in [0.1, 0.15) is 0 Å². The van der Waals surface area contributed by atoms with Crippen molar-refractivity contribution < 1.29 is 4.79 Å². The second kappa shape index (κ2) is 5.54. The van der Waals surface area contributed by atoms with Crippen molar-refractivity contribution in [2.75, 3.05) is 26.4 Å².